The van der Waals surface area contributed by atoms with Crippen LogP contribution in [0.2, 0.25) is 0 Å². The molecule has 1 aliphatic carbocycles. The maximum absolute atomic E-state index is 11.8. The number of rotatable bonds is 5. The zero-order valence-corrected chi connectivity index (χ0v) is 18.5. The Bertz CT molecular complexity index is 1050. The summed E-state index contributed by atoms with van der Waals surface area (Å²) in [6.45, 7) is 0. The summed E-state index contributed by atoms with van der Waals surface area (Å²) in [5.41, 5.74) is 4.70. The maximum Gasteiger partial charge on any atom is 0.337 e. The monoisotopic (exact) mass is 428 g/mol. The number of carbonyl (C=O) groups is 1. The van der Waals surface area contributed by atoms with Gasteiger partial charge in [-0.1, -0.05) is 54.6 Å². The molecule has 2 atom stereocenters. The van der Waals surface area contributed by atoms with Gasteiger partial charge < -0.3 is 14.2 Å². The predicted octanol–water partition coefficient (Wildman–Crippen LogP) is 6.01. The molecular formula is C28H28O4. The second-order valence-electron chi connectivity index (χ2n) is 7.96. The molecule has 3 aliphatic rings. The van der Waals surface area contributed by atoms with Gasteiger partial charge in [-0.2, -0.15) is 0 Å². The first-order valence-electron chi connectivity index (χ1n) is 10.9. The van der Waals surface area contributed by atoms with Gasteiger partial charge in [0.05, 0.1) is 32.0 Å². The normalized spacial score (nSPS) is 18.8. The van der Waals surface area contributed by atoms with Crippen LogP contribution in [-0.2, 0) is 9.47 Å². The molecule has 0 N–H and O–H groups in total. The summed E-state index contributed by atoms with van der Waals surface area (Å²) in [4.78, 5) is 11.8. The number of methoxy groups -OCH3 is 2. The van der Waals surface area contributed by atoms with Crippen molar-refractivity contribution >= 4 is 17.6 Å². The van der Waals surface area contributed by atoms with Crippen LogP contribution >= 0.6 is 0 Å². The van der Waals surface area contributed by atoms with Crippen molar-refractivity contribution in [3.05, 3.63) is 101 Å². The Labute approximate surface area is 189 Å². The molecule has 3 fully saturated rings. The third-order valence-corrected chi connectivity index (χ3v) is 5.83. The van der Waals surface area contributed by atoms with Crippen LogP contribution in [0.3, 0.4) is 0 Å². The molecule has 0 spiro atoms. The minimum atomic E-state index is -0.342. The van der Waals surface area contributed by atoms with E-state index in [1.807, 2.05) is 60.7 Å². The summed E-state index contributed by atoms with van der Waals surface area (Å²) in [5, 5.41) is 0. The molecule has 2 heterocycles. The minimum Gasteiger partial charge on any atom is -0.497 e. The number of hydrogen-bond donors (Lipinski definition) is 0. The lowest BCUT2D eigenvalue weighted by molar-refractivity contribution is -0.0647. The molecule has 0 amide bonds. The fourth-order valence-electron chi connectivity index (χ4n) is 4.06. The molecule has 2 bridgehead atoms. The Morgan fingerprint density at radius 1 is 0.844 bits per heavy atom. The topological polar surface area (TPSA) is 44.8 Å². The van der Waals surface area contributed by atoms with E-state index in [2.05, 4.69) is 18.2 Å². The molecule has 4 heteroatoms. The standard InChI is InChI=1S/C23H20O3.C5H8O/c1-25-21-13-11-19(12-14-21)22(18-8-4-3-5-9-18)16-17-7-6-10-20(15-17)23(24)26-2;1-2-5-3-4(1)6-5/h3-16H,1-2H3;4-5H,1-3H2. The lowest BCUT2D eigenvalue weighted by Gasteiger charge is -2.23. The number of carbonyl (C=O) groups excluding carboxylic acids is 1. The average Bonchev–Trinajstić information content (AvgIpc) is 3.50. The number of hydrogen-bond acceptors (Lipinski definition) is 4. The van der Waals surface area contributed by atoms with Crippen LogP contribution in [0.1, 0.15) is 46.3 Å². The Morgan fingerprint density at radius 2 is 1.47 bits per heavy atom. The van der Waals surface area contributed by atoms with Gasteiger partial charge >= 0.3 is 5.97 Å². The Kier molecular flexibility index (Phi) is 7.03. The maximum atomic E-state index is 11.8. The summed E-state index contributed by atoms with van der Waals surface area (Å²) >= 11 is 0. The van der Waals surface area contributed by atoms with Crippen molar-refractivity contribution in [2.75, 3.05) is 14.2 Å². The molecule has 3 aromatic carbocycles. The zero-order chi connectivity index (χ0) is 22.3. The first-order chi connectivity index (χ1) is 15.7. The van der Waals surface area contributed by atoms with Crippen LogP contribution in [-0.4, -0.2) is 32.4 Å². The Morgan fingerprint density at radius 3 is 2.03 bits per heavy atom. The van der Waals surface area contributed by atoms with E-state index < -0.39 is 0 Å². The van der Waals surface area contributed by atoms with Gasteiger partial charge in [-0.25, -0.2) is 4.79 Å². The minimum absolute atomic E-state index is 0.342. The molecule has 0 radical (unpaired) electrons. The van der Waals surface area contributed by atoms with Crippen LogP contribution in [0.4, 0.5) is 0 Å². The molecule has 32 heavy (non-hydrogen) atoms. The molecule has 1 saturated carbocycles. The number of ether oxygens (including phenoxy) is 3. The summed E-state index contributed by atoms with van der Waals surface area (Å²) in [7, 11) is 3.04. The predicted molar refractivity (Wildman–Crippen MR) is 127 cm³/mol. The largest absolute Gasteiger partial charge is 0.497 e. The highest BCUT2D eigenvalue weighted by Crippen LogP contribution is 2.36. The zero-order valence-electron chi connectivity index (χ0n) is 18.5. The third kappa shape index (κ3) is 5.27. The van der Waals surface area contributed by atoms with E-state index in [-0.39, 0.29) is 5.97 Å². The average molecular weight is 429 g/mol. The van der Waals surface area contributed by atoms with Gasteiger partial charge in [-0.15, -0.1) is 0 Å². The van der Waals surface area contributed by atoms with Gasteiger partial charge in [0.2, 0.25) is 0 Å². The SMILES string of the molecule is C1CC2CC1O2.COC(=O)c1cccc(C=C(c2ccccc2)c2ccc(OC)cc2)c1. The summed E-state index contributed by atoms with van der Waals surface area (Å²) < 4.78 is 15.3. The number of benzene rings is 3. The van der Waals surface area contributed by atoms with Crippen LogP contribution in [0, 0.1) is 0 Å². The molecular weight excluding hydrogens is 400 g/mol. The van der Waals surface area contributed by atoms with Crippen molar-refractivity contribution < 1.29 is 19.0 Å². The first-order valence-corrected chi connectivity index (χ1v) is 10.9. The quantitative estimate of drug-likeness (QED) is 0.369. The van der Waals surface area contributed by atoms with E-state index in [0.29, 0.717) is 17.8 Å². The van der Waals surface area contributed by atoms with E-state index in [1.165, 1.54) is 26.4 Å². The van der Waals surface area contributed by atoms with Gasteiger partial charge in [-0.05, 0) is 71.9 Å². The van der Waals surface area contributed by atoms with E-state index in [1.54, 1.807) is 13.2 Å². The molecule has 3 aromatic rings. The summed E-state index contributed by atoms with van der Waals surface area (Å²) in [6.07, 6.45) is 7.49. The highest BCUT2D eigenvalue weighted by atomic mass is 16.5. The number of fused-ring (bicyclic) bond motifs is 1. The van der Waals surface area contributed by atoms with Crippen LogP contribution in [0.15, 0.2) is 78.9 Å². The van der Waals surface area contributed by atoms with Crippen molar-refractivity contribution in [3.63, 3.8) is 0 Å². The molecule has 0 aromatic heterocycles. The van der Waals surface area contributed by atoms with Crippen molar-refractivity contribution in [2.45, 2.75) is 31.5 Å². The van der Waals surface area contributed by atoms with E-state index in [4.69, 9.17) is 14.2 Å². The molecule has 2 unspecified atom stereocenters. The lowest BCUT2D eigenvalue weighted by atomic mass is 9.95. The van der Waals surface area contributed by atoms with Gasteiger partial charge in [0.1, 0.15) is 5.75 Å². The van der Waals surface area contributed by atoms with E-state index in [9.17, 15) is 4.79 Å². The Balaban J connectivity index is 0.000000346. The lowest BCUT2D eigenvalue weighted by Crippen LogP contribution is -2.25. The van der Waals surface area contributed by atoms with Gasteiger partial charge in [0, 0.05) is 0 Å². The second kappa shape index (κ2) is 10.3. The van der Waals surface area contributed by atoms with Crippen LogP contribution in [0.25, 0.3) is 11.6 Å². The fraction of sp³-hybridized carbons (Fsp3) is 0.250. The highest BCUT2D eigenvalue weighted by molar-refractivity contribution is 5.94. The van der Waals surface area contributed by atoms with Crippen molar-refractivity contribution in [1.82, 2.24) is 0 Å². The highest BCUT2D eigenvalue weighted by Gasteiger charge is 2.36. The molecule has 2 aliphatic heterocycles. The molecule has 4 nitrogen and oxygen atoms in total. The van der Waals surface area contributed by atoms with Crippen molar-refractivity contribution in [3.8, 4) is 5.75 Å². The molecule has 2 saturated heterocycles. The van der Waals surface area contributed by atoms with Crippen LogP contribution < -0.4 is 4.74 Å². The van der Waals surface area contributed by atoms with E-state index >= 15 is 0 Å². The molecule has 6 rings (SSSR count). The van der Waals surface area contributed by atoms with Crippen molar-refractivity contribution in [1.29, 1.82) is 0 Å². The number of esters is 1. The fourth-order valence-corrected chi connectivity index (χ4v) is 4.06. The van der Waals surface area contributed by atoms with E-state index in [0.717, 1.165) is 28.0 Å². The van der Waals surface area contributed by atoms with Crippen LogP contribution in [0.5, 0.6) is 5.75 Å². The molecule has 164 valence electrons. The van der Waals surface area contributed by atoms with Gasteiger partial charge in [0.25, 0.3) is 0 Å². The third-order valence-electron chi connectivity index (χ3n) is 5.83. The first kappa shape index (κ1) is 21.8. The smallest absolute Gasteiger partial charge is 0.337 e. The van der Waals surface area contributed by atoms with Gasteiger partial charge in [-0.3, -0.25) is 0 Å². The summed E-state index contributed by atoms with van der Waals surface area (Å²) in [5.74, 6) is 0.472. The van der Waals surface area contributed by atoms with Gasteiger partial charge in [0.15, 0.2) is 0 Å². The summed E-state index contributed by atoms with van der Waals surface area (Å²) in [6, 6.07) is 25.5. The second-order valence-corrected chi connectivity index (χ2v) is 7.96. The van der Waals surface area contributed by atoms with Crippen molar-refractivity contribution in [2.24, 2.45) is 0 Å². The Hall–Kier alpha value is -3.37.